The van der Waals surface area contributed by atoms with Gasteiger partial charge in [0.2, 0.25) is 0 Å². The lowest BCUT2D eigenvalue weighted by Gasteiger charge is -2.06. The number of carbonyl (C=O) groups is 1. The summed E-state index contributed by atoms with van der Waals surface area (Å²) in [6, 6.07) is 12.6. The molecule has 0 saturated carbocycles. The van der Waals surface area contributed by atoms with Gasteiger partial charge in [-0.25, -0.2) is 0 Å². The molecule has 0 aliphatic heterocycles. The fraction of sp³-hybridized carbons (Fsp3) is 0.167. The van der Waals surface area contributed by atoms with Gasteiger partial charge in [0.05, 0.1) is 18.2 Å². The standard InChI is InChI=1S/C18H17BrO3/c1-12-9-14(5-8-17(12)22-2)10-16(19)18(21)15-6-3-13(11-20)4-7-15/h3-10,20H,11H2,1-2H3/b16-10-. The number of aliphatic hydroxyl groups excluding tert-OH is 1. The molecule has 2 rings (SSSR count). The van der Waals surface area contributed by atoms with E-state index in [-0.39, 0.29) is 12.4 Å². The number of aryl methyl sites for hydroxylation is 1. The van der Waals surface area contributed by atoms with E-state index >= 15 is 0 Å². The van der Waals surface area contributed by atoms with Crippen LogP contribution in [0.1, 0.15) is 27.0 Å². The van der Waals surface area contributed by atoms with E-state index in [1.807, 2.05) is 25.1 Å². The van der Waals surface area contributed by atoms with Crippen LogP contribution in [-0.2, 0) is 6.61 Å². The van der Waals surface area contributed by atoms with Crippen LogP contribution in [0, 0.1) is 6.92 Å². The van der Waals surface area contributed by atoms with E-state index in [0.717, 1.165) is 22.4 Å². The van der Waals surface area contributed by atoms with Crippen LogP contribution in [-0.4, -0.2) is 18.0 Å². The zero-order chi connectivity index (χ0) is 16.1. The third kappa shape index (κ3) is 3.84. The number of methoxy groups -OCH3 is 1. The zero-order valence-electron chi connectivity index (χ0n) is 12.5. The molecule has 2 aromatic rings. The monoisotopic (exact) mass is 360 g/mol. The first-order valence-corrected chi connectivity index (χ1v) is 7.61. The Morgan fingerprint density at radius 1 is 1.23 bits per heavy atom. The van der Waals surface area contributed by atoms with Crippen LogP contribution in [0.5, 0.6) is 5.75 Å². The maximum Gasteiger partial charge on any atom is 0.199 e. The van der Waals surface area contributed by atoms with Crippen LogP contribution < -0.4 is 4.74 Å². The van der Waals surface area contributed by atoms with Gasteiger partial charge in [0, 0.05) is 5.56 Å². The highest BCUT2D eigenvalue weighted by atomic mass is 79.9. The van der Waals surface area contributed by atoms with E-state index < -0.39 is 0 Å². The molecule has 0 aliphatic carbocycles. The Morgan fingerprint density at radius 2 is 1.91 bits per heavy atom. The number of benzene rings is 2. The van der Waals surface area contributed by atoms with Crippen LogP contribution in [0.15, 0.2) is 46.9 Å². The van der Waals surface area contributed by atoms with E-state index in [4.69, 9.17) is 9.84 Å². The topological polar surface area (TPSA) is 46.5 Å². The van der Waals surface area contributed by atoms with Gasteiger partial charge in [-0.3, -0.25) is 4.79 Å². The molecule has 0 spiro atoms. The lowest BCUT2D eigenvalue weighted by atomic mass is 10.1. The summed E-state index contributed by atoms with van der Waals surface area (Å²) in [5.41, 5.74) is 3.29. The van der Waals surface area contributed by atoms with E-state index in [0.29, 0.717) is 10.0 Å². The molecule has 0 saturated heterocycles. The summed E-state index contributed by atoms with van der Waals surface area (Å²) in [7, 11) is 1.63. The molecule has 0 aliphatic rings. The molecule has 0 unspecified atom stereocenters. The predicted octanol–water partition coefficient (Wildman–Crippen LogP) is 4.11. The van der Waals surface area contributed by atoms with Gasteiger partial charge in [-0.1, -0.05) is 30.3 Å². The fourth-order valence-electron chi connectivity index (χ4n) is 2.10. The van der Waals surface area contributed by atoms with Crippen molar-refractivity contribution in [3.05, 3.63) is 69.2 Å². The van der Waals surface area contributed by atoms with Crippen molar-refractivity contribution < 1.29 is 14.6 Å². The highest BCUT2D eigenvalue weighted by Gasteiger charge is 2.10. The summed E-state index contributed by atoms with van der Waals surface area (Å²) in [6.07, 6.45) is 1.79. The lowest BCUT2D eigenvalue weighted by molar-refractivity contribution is 0.104. The second kappa shape index (κ2) is 7.38. The van der Waals surface area contributed by atoms with E-state index in [9.17, 15) is 4.79 Å². The van der Waals surface area contributed by atoms with Gasteiger partial charge in [-0.05, 0) is 57.8 Å². The second-order valence-corrected chi connectivity index (χ2v) is 5.76. The van der Waals surface area contributed by atoms with E-state index in [1.165, 1.54) is 0 Å². The third-order valence-electron chi connectivity index (χ3n) is 3.33. The summed E-state index contributed by atoms with van der Waals surface area (Å²) < 4.78 is 5.70. The normalized spacial score (nSPS) is 11.4. The summed E-state index contributed by atoms with van der Waals surface area (Å²) in [5, 5.41) is 9.02. The third-order valence-corrected chi connectivity index (χ3v) is 3.92. The number of carbonyl (C=O) groups excluding carboxylic acids is 1. The molecule has 0 radical (unpaired) electrons. The van der Waals surface area contributed by atoms with Gasteiger partial charge in [0.25, 0.3) is 0 Å². The smallest absolute Gasteiger partial charge is 0.199 e. The van der Waals surface area contributed by atoms with Gasteiger partial charge in [-0.15, -0.1) is 0 Å². The number of rotatable bonds is 5. The van der Waals surface area contributed by atoms with Crippen molar-refractivity contribution in [2.75, 3.05) is 7.11 Å². The molecular weight excluding hydrogens is 344 g/mol. The Morgan fingerprint density at radius 3 is 2.45 bits per heavy atom. The molecule has 4 heteroatoms. The minimum atomic E-state index is -0.0991. The maximum atomic E-state index is 12.4. The molecule has 2 aromatic carbocycles. The van der Waals surface area contributed by atoms with Gasteiger partial charge >= 0.3 is 0 Å². The molecular formula is C18H17BrO3. The van der Waals surface area contributed by atoms with E-state index in [1.54, 1.807) is 37.5 Å². The number of Topliss-reactive ketones (excluding diaryl/α,β-unsaturated/α-hetero) is 1. The Hall–Kier alpha value is -1.91. The molecule has 0 aromatic heterocycles. The van der Waals surface area contributed by atoms with Gasteiger partial charge in [-0.2, -0.15) is 0 Å². The minimum Gasteiger partial charge on any atom is -0.496 e. The van der Waals surface area contributed by atoms with Crippen molar-refractivity contribution in [2.45, 2.75) is 13.5 Å². The summed E-state index contributed by atoms with van der Waals surface area (Å²) in [4.78, 5) is 12.4. The number of allylic oxidation sites excluding steroid dienone is 1. The SMILES string of the molecule is COc1ccc(/C=C(\Br)C(=O)c2ccc(CO)cc2)cc1C. The van der Waals surface area contributed by atoms with Crippen molar-refractivity contribution in [2.24, 2.45) is 0 Å². The van der Waals surface area contributed by atoms with Gasteiger partial charge < -0.3 is 9.84 Å². The predicted molar refractivity (Wildman–Crippen MR) is 91.3 cm³/mol. The molecule has 0 atom stereocenters. The molecule has 114 valence electrons. The molecule has 1 N–H and O–H groups in total. The highest BCUT2D eigenvalue weighted by Crippen LogP contribution is 2.23. The lowest BCUT2D eigenvalue weighted by Crippen LogP contribution is -1.99. The van der Waals surface area contributed by atoms with Crippen molar-refractivity contribution in [3.63, 3.8) is 0 Å². The molecule has 3 nitrogen and oxygen atoms in total. The zero-order valence-corrected chi connectivity index (χ0v) is 14.1. The quantitative estimate of drug-likeness (QED) is 0.644. The first kappa shape index (κ1) is 16.5. The molecule has 0 amide bonds. The Kier molecular flexibility index (Phi) is 5.52. The Bertz CT molecular complexity index is 703. The van der Waals surface area contributed by atoms with E-state index in [2.05, 4.69) is 15.9 Å². The molecule has 0 fully saturated rings. The summed E-state index contributed by atoms with van der Waals surface area (Å²) in [6.45, 7) is 1.93. The first-order valence-electron chi connectivity index (χ1n) is 6.81. The van der Waals surface area contributed by atoms with Crippen molar-refractivity contribution in [1.82, 2.24) is 0 Å². The van der Waals surface area contributed by atoms with Gasteiger partial charge in [0.1, 0.15) is 5.75 Å². The molecule has 22 heavy (non-hydrogen) atoms. The average Bonchev–Trinajstić information content (AvgIpc) is 2.54. The molecule has 0 bridgehead atoms. The average molecular weight is 361 g/mol. The number of hydrogen-bond acceptors (Lipinski definition) is 3. The molecule has 0 heterocycles. The van der Waals surface area contributed by atoms with Crippen molar-refractivity contribution >= 4 is 27.8 Å². The van der Waals surface area contributed by atoms with Crippen LogP contribution in [0.25, 0.3) is 6.08 Å². The highest BCUT2D eigenvalue weighted by molar-refractivity contribution is 9.12. The maximum absolute atomic E-state index is 12.4. The van der Waals surface area contributed by atoms with Crippen LogP contribution in [0.3, 0.4) is 0 Å². The van der Waals surface area contributed by atoms with Gasteiger partial charge in [0.15, 0.2) is 5.78 Å². The largest absolute Gasteiger partial charge is 0.496 e. The van der Waals surface area contributed by atoms with Crippen LogP contribution >= 0.6 is 15.9 Å². The van der Waals surface area contributed by atoms with Crippen molar-refractivity contribution in [3.8, 4) is 5.75 Å². The van der Waals surface area contributed by atoms with Crippen LogP contribution in [0.2, 0.25) is 0 Å². The van der Waals surface area contributed by atoms with Crippen molar-refractivity contribution in [1.29, 1.82) is 0 Å². The Labute approximate surface area is 138 Å². The Balaban J connectivity index is 2.23. The number of hydrogen-bond donors (Lipinski definition) is 1. The minimum absolute atomic E-state index is 0.0311. The number of ketones is 1. The number of aliphatic hydroxyl groups is 1. The first-order chi connectivity index (χ1) is 10.5. The summed E-state index contributed by atoms with van der Waals surface area (Å²) in [5.74, 6) is 0.720. The van der Waals surface area contributed by atoms with Crippen LogP contribution in [0.4, 0.5) is 0 Å². The second-order valence-electron chi connectivity index (χ2n) is 4.91. The summed E-state index contributed by atoms with van der Waals surface area (Å²) >= 11 is 3.34. The number of halogens is 1. The fourth-order valence-corrected chi connectivity index (χ4v) is 2.60. The number of ether oxygens (including phenoxy) is 1.